The van der Waals surface area contributed by atoms with Crippen LogP contribution in [0.15, 0.2) is 18.6 Å². The number of carbonyl (C=O) groups excluding carboxylic acids is 1. The van der Waals surface area contributed by atoms with Crippen molar-refractivity contribution < 1.29 is 4.79 Å². The number of nitrogens with one attached hydrogen (secondary N) is 1. The highest BCUT2D eigenvalue weighted by Gasteiger charge is 2.29. The molecule has 0 spiro atoms. The molecule has 0 aromatic carbocycles. The van der Waals surface area contributed by atoms with Crippen LogP contribution in [-0.4, -0.2) is 74.5 Å². The molecule has 0 aliphatic carbocycles. The van der Waals surface area contributed by atoms with Crippen molar-refractivity contribution in [1.82, 2.24) is 29.8 Å². The molecule has 5 rings (SSSR count). The van der Waals surface area contributed by atoms with Gasteiger partial charge in [0.25, 0.3) is 5.91 Å². The summed E-state index contributed by atoms with van der Waals surface area (Å²) in [5, 5.41) is 0.492. The first-order chi connectivity index (χ1) is 15.0. The van der Waals surface area contributed by atoms with Crippen LogP contribution in [-0.2, 0) is 0 Å². The van der Waals surface area contributed by atoms with E-state index >= 15 is 0 Å². The summed E-state index contributed by atoms with van der Waals surface area (Å²) in [6.07, 6.45) is 5.33. The molecule has 1 atom stereocenters. The van der Waals surface area contributed by atoms with Gasteiger partial charge in [-0.3, -0.25) is 4.79 Å². The van der Waals surface area contributed by atoms with Gasteiger partial charge in [-0.1, -0.05) is 11.6 Å². The molecule has 5 heterocycles. The van der Waals surface area contributed by atoms with Crippen LogP contribution < -0.4 is 15.5 Å². The Bertz CT molecular complexity index is 1130. The number of nitrogen functional groups attached to an aromatic ring is 1. The molecule has 162 valence electrons. The zero-order valence-electron chi connectivity index (χ0n) is 17.3. The molecule has 2 saturated heterocycles. The first-order valence-corrected chi connectivity index (χ1v) is 10.8. The van der Waals surface area contributed by atoms with Gasteiger partial charge in [-0.05, 0) is 25.8 Å². The molecular weight excluding hydrogens is 418 g/mol. The van der Waals surface area contributed by atoms with Gasteiger partial charge < -0.3 is 25.4 Å². The fourth-order valence-electron chi connectivity index (χ4n) is 4.38. The van der Waals surface area contributed by atoms with Crippen LogP contribution in [0.3, 0.4) is 0 Å². The maximum absolute atomic E-state index is 12.6. The number of nitrogens with two attached hydrogens (primary N) is 1. The van der Waals surface area contributed by atoms with E-state index in [0.29, 0.717) is 47.2 Å². The fourth-order valence-corrected chi connectivity index (χ4v) is 4.66. The quantitative estimate of drug-likeness (QED) is 0.632. The Balaban J connectivity index is 1.35. The summed E-state index contributed by atoms with van der Waals surface area (Å²) < 4.78 is 0. The number of hydrogen-bond donors (Lipinski definition) is 2. The van der Waals surface area contributed by atoms with Crippen LogP contribution in [0.1, 0.15) is 30.1 Å². The van der Waals surface area contributed by atoms with E-state index in [9.17, 15) is 4.79 Å². The van der Waals surface area contributed by atoms with E-state index in [0.717, 1.165) is 31.7 Å². The Morgan fingerprint density at radius 3 is 2.71 bits per heavy atom. The number of anilines is 3. The normalized spacial score (nSPS) is 19.4. The number of rotatable bonds is 3. The molecule has 2 fully saturated rings. The van der Waals surface area contributed by atoms with Gasteiger partial charge >= 0.3 is 0 Å². The highest BCUT2D eigenvalue weighted by molar-refractivity contribution is 6.33. The van der Waals surface area contributed by atoms with Crippen LogP contribution in [0.25, 0.3) is 11.2 Å². The van der Waals surface area contributed by atoms with Gasteiger partial charge in [-0.2, -0.15) is 9.97 Å². The van der Waals surface area contributed by atoms with Gasteiger partial charge in [-0.25, -0.2) is 9.97 Å². The molecule has 31 heavy (non-hydrogen) atoms. The van der Waals surface area contributed by atoms with Crippen molar-refractivity contribution in [3.05, 3.63) is 29.2 Å². The molecule has 11 heteroatoms. The number of halogens is 1. The minimum absolute atomic E-state index is 0.000637. The number of piperazine rings is 1. The molecule has 3 aromatic rings. The molecule has 1 unspecified atom stereocenters. The van der Waals surface area contributed by atoms with Gasteiger partial charge in [0.15, 0.2) is 17.0 Å². The smallest absolute Gasteiger partial charge is 0.255 e. The lowest BCUT2D eigenvalue weighted by molar-refractivity contribution is 0.0792. The predicted molar refractivity (Wildman–Crippen MR) is 120 cm³/mol. The van der Waals surface area contributed by atoms with Crippen molar-refractivity contribution in [1.29, 1.82) is 0 Å². The number of carbonyl (C=O) groups is 1. The lowest BCUT2D eigenvalue weighted by Crippen LogP contribution is -2.53. The molecule has 3 N–H and O–H groups in total. The standard InChI is InChI=1S/C20H24ClN9O/c1-12-10-29(18-15-16(25-11-24-15)26-20(22)27-18)6-7-30(12)17-14(21)8-13(9-23-17)19(31)28-4-2-3-5-28/h8-9,11-12H,2-7,10H2,1H3,(H3,22,24,25,26,27). The van der Waals surface area contributed by atoms with Crippen LogP contribution in [0.5, 0.6) is 0 Å². The maximum Gasteiger partial charge on any atom is 0.255 e. The largest absolute Gasteiger partial charge is 0.368 e. The van der Waals surface area contributed by atoms with Crippen molar-refractivity contribution in [2.75, 3.05) is 48.3 Å². The van der Waals surface area contributed by atoms with E-state index in [-0.39, 0.29) is 17.9 Å². The number of hydrogen-bond acceptors (Lipinski definition) is 8. The predicted octanol–water partition coefficient (Wildman–Crippen LogP) is 1.93. The SMILES string of the molecule is CC1CN(c2nc(N)nc3[nH]cnc23)CCN1c1ncc(C(=O)N2CCCC2)cc1Cl. The van der Waals surface area contributed by atoms with E-state index in [2.05, 4.69) is 41.6 Å². The third kappa shape index (κ3) is 3.60. The summed E-state index contributed by atoms with van der Waals surface area (Å²) in [5.41, 5.74) is 7.75. The van der Waals surface area contributed by atoms with E-state index in [1.165, 1.54) is 0 Å². The van der Waals surface area contributed by atoms with E-state index in [1.807, 2.05) is 4.90 Å². The number of fused-ring (bicyclic) bond motifs is 1. The molecule has 2 aliphatic heterocycles. The Labute approximate surface area is 184 Å². The molecule has 0 saturated carbocycles. The number of likely N-dealkylation sites (tertiary alicyclic amines) is 1. The average Bonchev–Trinajstić information content (AvgIpc) is 3.45. The second kappa shape index (κ2) is 7.84. The van der Waals surface area contributed by atoms with E-state index in [4.69, 9.17) is 17.3 Å². The Morgan fingerprint density at radius 2 is 1.97 bits per heavy atom. The second-order valence-electron chi connectivity index (χ2n) is 8.02. The van der Waals surface area contributed by atoms with Crippen molar-refractivity contribution >= 4 is 46.3 Å². The Morgan fingerprint density at radius 1 is 1.16 bits per heavy atom. The molecule has 2 aliphatic rings. The second-order valence-corrected chi connectivity index (χ2v) is 8.43. The van der Waals surface area contributed by atoms with Crippen LogP contribution in [0, 0.1) is 0 Å². The summed E-state index contributed by atoms with van der Waals surface area (Å²) in [6.45, 7) is 5.81. The maximum atomic E-state index is 12.6. The van der Waals surface area contributed by atoms with Gasteiger partial charge in [0.05, 0.1) is 16.9 Å². The average molecular weight is 442 g/mol. The number of H-pyrrole nitrogens is 1. The number of aromatic nitrogens is 5. The number of amides is 1. The summed E-state index contributed by atoms with van der Waals surface area (Å²) in [7, 11) is 0. The minimum Gasteiger partial charge on any atom is -0.368 e. The first kappa shape index (κ1) is 19.8. The van der Waals surface area contributed by atoms with Gasteiger partial charge in [0.1, 0.15) is 5.82 Å². The monoisotopic (exact) mass is 441 g/mol. The number of aromatic amines is 1. The summed E-state index contributed by atoms with van der Waals surface area (Å²) in [5.74, 6) is 1.63. The molecular formula is C20H24ClN9O. The topological polar surface area (TPSA) is 120 Å². The fraction of sp³-hybridized carbons (Fsp3) is 0.450. The van der Waals surface area contributed by atoms with Crippen molar-refractivity contribution in [3.63, 3.8) is 0 Å². The number of pyridine rings is 1. The molecule has 0 bridgehead atoms. The minimum atomic E-state index is 0.000637. The van der Waals surface area contributed by atoms with Crippen molar-refractivity contribution in [2.45, 2.75) is 25.8 Å². The van der Waals surface area contributed by atoms with Crippen LogP contribution >= 0.6 is 11.6 Å². The van der Waals surface area contributed by atoms with Crippen molar-refractivity contribution in [2.24, 2.45) is 0 Å². The number of imidazole rings is 1. The van der Waals surface area contributed by atoms with Crippen LogP contribution in [0.4, 0.5) is 17.6 Å². The third-order valence-electron chi connectivity index (χ3n) is 5.94. The lowest BCUT2D eigenvalue weighted by atomic mass is 10.1. The molecule has 0 radical (unpaired) electrons. The summed E-state index contributed by atoms with van der Waals surface area (Å²) in [6, 6.07) is 1.85. The van der Waals surface area contributed by atoms with Gasteiger partial charge in [-0.15, -0.1) is 0 Å². The summed E-state index contributed by atoms with van der Waals surface area (Å²) in [4.78, 5) is 39.3. The third-order valence-corrected chi connectivity index (χ3v) is 6.22. The van der Waals surface area contributed by atoms with Gasteiger partial charge in [0, 0.05) is 45.0 Å². The first-order valence-electron chi connectivity index (χ1n) is 10.4. The Hall–Kier alpha value is -3.14. The summed E-state index contributed by atoms with van der Waals surface area (Å²) >= 11 is 6.58. The molecule has 10 nitrogen and oxygen atoms in total. The Kier molecular flexibility index (Phi) is 5.01. The zero-order chi connectivity index (χ0) is 21.5. The lowest BCUT2D eigenvalue weighted by Gasteiger charge is -2.41. The van der Waals surface area contributed by atoms with Crippen molar-refractivity contribution in [3.8, 4) is 0 Å². The van der Waals surface area contributed by atoms with E-state index < -0.39 is 0 Å². The highest BCUT2D eigenvalue weighted by atomic mass is 35.5. The zero-order valence-corrected chi connectivity index (χ0v) is 18.0. The molecule has 1 amide bonds. The van der Waals surface area contributed by atoms with Crippen LogP contribution in [0.2, 0.25) is 5.02 Å². The van der Waals surface area contributed by atoms with Gasteiger partial charge in [0.2, 0.25) is 5.95 Å². The highest BCUT2D eigenvalue weighted by Crippen LogP contribution is 2.30. The number of nitrogens with zero attached hydrogens (tertiary/aromatic N) is 7. The van der Waals surface area contributed by atoms with E-state index in [1.54, 1.807) is 18.6 Å². The molecule has 3 aromatic heterocycles.